The van der Waals surface area contributed by atoms with Crippen molar-refractivity contribution in [1.82, 2.24) is 0 Å². The summed E-state index contributed by atoms with van der Waals surface area (Å²) in [4.78, 5) is 2.17. The second-order valence-corrected chi connectivity index (χ2v) is 4.80. The van der Waals surface area contributed by atoms with E-state index >= 15 is 0 Å². The van der Waals surface area contributed by atoms with Crippen LogP contribution in [0.4, 0.5) is 5.69 Å². The molecule has 0 saturated carbocycles. The SMILES string of the molecule is Cc1ccc(N(CCCO)C(C)C)c(C(=N)N)c1. The number of aliphatic hydroxyl groups excluding tert-OH is 1. The number of amidine groups is 1. The van der Waals surface area contributed by atoms with Gasteiger partial charge in [-0.2, -0.15) is 0 Å². The van der Waals surface area contributed by atoms with Gasteiger partial charge in [0, 0.05) is 30.4 Å². The highest BCUT2D eigenvalue weighted by molar-refractivity contribution is 6.00. The summed E-state index contributed by atoms with van der Waals surface area (Å²) >= 11 is 0. The molecule has 0 aliphatic carbocycles. The second kappa shape index (κ2) is 6.40. The van der Waals surface area contributed by atoms with Crippen molar-refractivity contribution in [2.24, 2.45) is 5.73 Å². The number of anilines is 1. The van der Waals surface area contributed by atoms with Gasteiger partial charge in [-0.3, -0.25) is 5.41 Å². The van der Waals surface area contributed by atoms with E-state index in [-0.39, 0.29) is 12.4 Å². The van der Waals surface area contributed by atoms with Crippen molar-refractivity contribution in [3.05, 3.63) is 29.3 Å². The summed E-state index contributed by atoms with van der Waals surface area (Å²) in [5, 5.41) is 16.7. The Labute approximate surface area is 109 Å². The first-order valence-corrected chi connectivity index (χ1v) is 6.30. The third kappa shape index (κ3) is 3.47. The smallest absolute Gasteiger partial charge is 0.124 e. The molecular weight excluding hydrogens is 226 g/mol. The molecule has 4 heteroatoms. The average molecular weight is 249 g/mol. The molecule has 1 aromatic carbocycles. The number of hydrogen-bond donors (Lipinski definition) is 3. The van der Waals surface area contributed by atoms with Gasteiger partial charge in [0.05, 0.1) is 0 Å². The Morgan fingerprint density at radius 2 is 2.11 bits per heavy atom. The van der Waals surface area contributed by atoms with Crippen molar-refractivity contribution in [3.8, 4) is 0 Å². The molecule has 0 fully saturated rings. The fraction of sp³-hybridized carbons (Fsp3) is 0.500. The minimum absolute atomic E-state index is 0.0864. The lowest BCUT2D eigenvalue weighted by atomic mass is 10.1. The summed E-state index contributed by atoms with van der Waals surface area (Å²) in [6.07, 6.45) is 0.712. The van der Waals surface area contributed by atoms with Gasteiger partial charge in [-0.15, -0.1) is 0 Å². The molecule has 0 aliphatic rings. The van der Waals surface area contributed by atoms with Crippen molar-refractivity contribution in [2.45, 2.75) is 33.2 Å². The maximum Gasteiger partial charge on any atom is 0.124 e. The van der Waals surface area contributed by atoms with Gasteiger partial charge in [0.1, 0.15) is 5.84 Å². The van der Waals surface area contributed by atoms with Crippen molar-refractivity contribution < 1.29 is 5.11 Å². The number of nitrogens with one attached hydrogen (secondary N) is 1. The average Bonchev–Trinajstić information content (AvgIpc) is 2.30. The molecule has 18 heavy (non-hydrogen) atoms. The number of benzene rings is 1. The number of aryl methyl sites for hydroxylation is 1. The van der Waals surface area contributed by atoms with Gasteiger partial charge in [0.25, 0.3) is 0 Å². The molecule has 0 bridgehead atoms. The van der Waals surface area contributed by atoms with Gasteiger partial charge in [-0.25, -0.2) is 0 Å². The van der Waals surface area contributed by atoms with E-state index in [1.54, 1.807) is 0 Å². The zero-order valence-electron chi connectivity index (χ0n) is 11.4. The lowest BCUT2D eigenvalue weighted by Crippen LogP contribution is -2.34. The summed E-state index contributed by atoms with van der Waals surface area (Å²) in [5.41, 5.74) is 8.48. The summed E-state index contributed by atoms with van der Waals surface area (Å²) in [7, 11) is 0. The predicted molar refractivity (Wildman–Crippen MR) is 76.4 cm³/mol. The number of hydrogen-bond acceptors (Lipinski definition) is 3. The molecule has 0 aromatic heterocycles. The Hall–Kier alpha value is -1.55. The van der Waals surface area contributed by atoms with E-state index in [1.165, 1.54) is 0 Å². The molecular formula is C14H23N3O. The van der Waals surface area contributed by atoms with Crippen LogP contribution in [0.3, 0.4) is 0 Å². The number of rotatable bonds is 6. The molecule has 0 spiro atoms. The first kappa shape index (κ1) is 14.5. The van der Waals surface area contributed by atoms with Crippen LogP contribution >= 0.6 is 0 Å². The Morgan fingerprint density at radius 3 is 2.61 bits per heavy atom. The topological polar surface area (TPSA) is 73.3 Å². The van der Waals surface area contributed by atoms with Gasteiger partial charge in [-0.05, 0) is 39.3 Å². The van der Waals surface area contributed by atoms with Crippen LogP contribution in [0.1, 0.15) is 31.4 Å². The normalized spacial score (nSPS) is 10.7. The molecule has 0 heterocycles. The monoisotopic (exact) mass is 249 g/mol. The summed E-state index contributed by atoms with van der Waals surface area (Å²) in [5.74, 6) is 0.0864. The van der Waals surface area contributed by atoms with Crippen LogP contribution in [0.5, 0.6) is 0 Å². The number of aliphatic hydroxyl groups is 1. The highest BCUT2D eigenvalue weighted by Crippen LogP contribution is 2.24. The van der Waals surface area contributed by atoms with Crippen LogP contribution < -0.4 is 10.6 Å². The van der Waals surface area contributed by atoms with Crippen molar-refractivity contribution in [3.63, 3.8) is 0 Å². The molecule has 0 aliphatic heterocycles. The first-order valence-electron chi connectivity index (χ1n) is 6.30. The molecule has 0 radical (unpaired) electrons. The molecule has 4 nitrogen and oxygen atoms in total. The minimum Gasteiger partial charge on any atom is -0.396 e. The van der Waals surface area contributed by atoms with Crippen molar-refractivity contribution in [1.29, 1.82) is 5.41 Å². The largest absolute Gasteiger partial charge is 0.396 e. The van der Waals surface area contributed by atoms with E-state index in [0.717, 1.165) is 23.4 Å². The molecule has 0 amide bonds. The Kier molecular flexibility index (Phi) is 5.16. The van der Waals surface area contributed by atoms with Gasteiger partial charge in [0.15, 0.2) is 0 Å². The second-order valence-electron chi connectivity index (χ2n) is 4.80. The van der Waals surface area contributed by atoms with Crippen LogP contribution in [0.15, 0.2) is 18.2 Å². The third-order valence-corrected chi connectivity index (χ3v) is 2.93. The van der Waals surface area contributed by atoms with Crippen molar-refractivity contribution in [2.75, 3.05) is 18.1 Å². The van der Waals surface area contributed by atoms with E-state index < -0.39 is 0 Å². The van der Waals surface area contributed by atoms with Crippen molar-refractivity contribution >= 4 is 11.5 Å². The van der Waals surface area contributed by atoms with Gasteiger partial charge in [0.2, 0.25) is 0 Å². The van der Waals surface area contributed by atoms with E-state index in [0.29, 0.717) is 12.5 Å². The number of nitrogen functional groups attached to an aromatic ring is 1. The summed E-state index contributed by atoms with van der Waals surface area (Å²) in [6.45, 7) is 7.12. The van der Waals surface area contributed by atoms with Gasteiger partial charge in [-0.1, -0.05) is 11.6 Å². The molecule has 4 N–H and O–H groups in total. The summed E-state index contributed by atoms with van der Waals surface area (Å²) < 4.78 is 0. The fourth-order valence-electron chi connectivity index (χ4n) is 2.01. The fourth-order valence-corrected chi connectivity index (χ4v) is 2.01. The Balaban J connectivity index is 3.14. The number of nitrogens with two attached hydrogens (primary N) is 1. The van der Waals surface area contributed by atoms with Crippen LogP contribution in [-0.4, -0.2) is 30.1 Å². The zero-order valence-corrected chi connectivity index (χ0v) is 11.4. The highest BCUT2D eigenvalue weighted by Gasteiger charge is 2.15. The van der Waals surface area contributed by atoms with Crippen LogP contribution in [0.2, 0.25) is 0 Å². The third-order valence-electron chi connectivity index (χ3n) is 2.93. The van der Waals surface area contributed by atoms with E-state index in [4.69, 9.17) is 16.2 Å². The molecule has 1 aromatic rings. The van der Waals surface area contributed by atoms with Gasteiger partial charge < -0.3 is 15.7 Å². The highest BCUT2D eigenvalue weighted by atomic mass is 16.3. The van der Waals surface area contributed by atoms with E-state index in [2.05, 4.69) is 18.7 Å². The first-order chi connectivity index (χ1) is 8.47. The minimum atomic E-state index is 0.0864. The Bertz CT molecular complexity index is 416. The van der Waals surface area contributed by atoms with E-state index in [1.807, 2.05) is 25.1 Å². The Morgan fingerprint density at radius 1 is 1.44 bits per heavy atom. The maximum atomic E-state index is 8.97. The molecule has 100 valence electrons. The molecule has 1 rings (SSSR count). The predicted octanol–water partition coefficient (Wildman–Crippen LogP) is 1.88. The van der Waals surface area contributed by atoms with Crippen LogP contribution in [-0.2, 0) is 0 Å². The quantitative estimate of drug-likeness (QED) is 0.532. The maximum absolute atomic E-state index is 8.97. The lowest BCUT2D eigenvalue weighted by molar-refractivity contribution is 0.288. The van der Waals surface area contributed by atoms with E-state index in [9.17, 15) is 0 Å². The van der Waals surface area contributed by atoms with Crippen LogP contribution in [0, 0.1) is 12.3 Å². The molecule has 0 unspecified atom stereocenters. The molecule has 0 atom stereocenters. The van der Waals surface area contributed by atoms with Crippen LogP contribution in [0.25, 0.3) is 0 Å². The standard InChI is InChI=1S/C14H23N3O/c1-10(2)17(7-4-8-18)13-6-5-11(3)9-12(13)14(15)16/h5-6,9-10,18H,4,7-8H2,1-3H3,(H3,15,16). The zero-order chi connectivity index (χ0) is 13.7. The van der Waals surface area contributed by atoms with Gasteiger partial charge >= 0.3 is 0 Å². The number of nitrogens with zero attached hydrogens (tertiary/aromatic N) is 1. The lowest BCUT2D eigenvalue weighted by Gasteiger charge is -2.30. The summed E-state index contributed by atoms with van der Waals surface area (Å²) in [6, 6.07) is 6.27. The molecule has 0 saturated heterocycles.